The monoisotopic (exact) mass is 433 g/mol. The fourth-order valence-electron chi connectivity index (χ4n) is 4.00. The number of benzene rings is 1. The van der Waals surface area contributed by atoms with Crippen LogP contribution in [0.3, 0.4) is 0 Å². The molecule has 0 spiro atoms. The van der Waals surface area contributed by atoms with Crippen molar-refractivity contribution in [3.8, 4) is 0 Å². The van der Waals surface area contributed by atoms with Gasteiger partial charge < -0.3 is 15.1 Å². The maximum Gasteiger partial charge on any atom is 0.416 e. The third-order valence-corrected chi connectivity index (χ3v) is 5.70. The normalized spacial score (nSPS) is 21.0. The van der Waals surface area contributed by atoms with Gasteiger partial charge in [0.15, 0.2) is 0 Å². The van der Waals surface area contributed by atoms with E-state index in [2.05, 4.69) is 5.32 Å². The number of likely N-dealkylation sites (tertiary alicyclic amines) is 1. The lowest BCUT2D eigenvalue weighted by Crippen LogP contribution is -2.58. The topological polar surface area (TPSA) is 52.7 Å². The number of nitrogens with one attached hydrogen (secondary N) is 1. The van der Waals surface area contributed by atoms with Gasteiger partial charge in [-0.15, -0.1) is 12.4 Å². The number of alkyl halides is 3. The van der Waals surface area contributed by atoms with Crippen molar-refractivity contribution < 1.29 is 22.8 Å². The first-order chi connectivity index (χ1) is 13.1. The number of piperazine rings is 1. The largest absolute Gasteiger partial charge is 0.416 e. The average Bonchev–Trinajstić information content (AvgIpc) is 2.67. The predicted molar refractivity (Wildman–Crippen MR) is 106 cm³/mol. The number of halogens is 4. The lowest BCUT2D eigenvalue weighted by molar-refractivity contribution is -0.143. The summed E-state index contributed by atoms with van der Waals surface area (Å²) in [4.78, 5) is 28.9. The van der Waals surface area contributed by atoms with Crippen LogP contribution < -0.4 is 5.32 Å². The van der Waals surface area contributed by atoms with Gasteiger partial charge in [0.1, 0.15) is 0 Å². The first kappa shape index (κ1) is 23.5. The van der Waals surface area contributed by atoms with E-state index in [1.165, 1.54) is 6.07 Å². The van der Waals surface area contributed by atoms with Gasteiger partial charge in [-0.25, -0.2) is 0 Å². The second-order valence-electron chi connectivity index (χ2n) is 8.01. The molecule has 0 bridgehead atoms. The maximum atomic E-state index is 13.2. The van der Waals surface area contributed by atoms with Crippen LogP contribution in [-0.4, -0.2) is 60.4 Å². The molecule has 1 unspecified atom stereocenters. The van der Waals surface area contributed by atoms with Crippen LogP contribution in [0.15, 0.2) is 24.3 Å². The highest BCUT2D eigenvalue weighted by Crippen LogP contribution is 2.34. The lowest BCUT2D eigenvalue weighted by atomic mass is 9.81. The van der Waals surface area contributed by atoms with Crippen molar-refractivity contribution in [3.63, 3.8) is 0 Å². The second-order valence-corrected chi connectivity index (χ2v) is 8.01. The number of hydrogen-bond donors (Lipinski definition) is 1. The number of carbonyl (C=O) groups is 2. The van der Waals surface area contributed by atoms with Gasteiger partial charge in [-0.3, -0.25) is 9.59 Å². The standard InChI is InChI=1S/C20H26F3N3O2.ClH/c1-19(2,14-5-3-6-15(11-14)20(21,22)23)18(28)25-9-4-7-16(13-25)26-10-8-24-12-17(26)27;/h3,5-6,11,16,24H,4,7-10,12-13H2,1-2H3;1H. The van der Waals surface area contributed by atoms with E-state index in [4.69, 9.17) is 0 Å². The maximum absolute atomic E-state index is 13.2. The van der Waals surface area contributed by atoms with Gasteiger partial charge >= 0.3 is 6.18 Å². The highest BCUT2D eigenvalue weighted by atomic mass is 35.5. The number of carbonyl (C=O) groups excluding carboxylic acids is 2. The van der Waals surface area contributed by atoms with Crippen LogP contribution in [0.5, 0.6) is 0 Å². The van der Waals surface area contributed by atoms with Crippen LogP contribution in [-0.2, 0) is 21.2 Å². The van der Waals surface area contributed by atoms with E-state index < -0.39 is 17.2 Å². The highest BCUT2D eigenvalue weighted by molar-refractivity contribution is 5.87. The molecular weight excluding hydrogens is 407 g/mol. The summed E-state index contributed by atoms with van der Waals surface area (Å²) in [5.74, 6) is -0.179. The van der Waals surface area contributed by atoms with Crippen molar-refractivity contribution >= 4 is 24.2 Å². The molecule has 2 heterocycles. The van der Waals surface area contributed by atoms with Gasteiger partial charge in [-0.1, -0.05) is 18.2 Å². The van der Waals surface area contributed by atoms with Crippen LogP contribution in [0.4, 0.5) is 13.2 Å². The van der Waals surface area contributed by atoms with E-state index in [1.807, 2.05) is 4.90 Å². The van der Waals surface area contributed by atoms with Crippen molar-refractivity contribution in [2.45, 2.75) is 44.3 Å². The van der Waals surface area contributed by atoms with Crippen LogP contribution in [0.25, 0.3) is 0 Å². The van der Waals surface area contributed by atoms with E-state index in [-0.39, 0.29) is 30.3 Å². The summed E-state index contributed by atoms with van der Waals surface area (Å²) in [6.45, 7) is 5.94. The Labute approximate surface area is 175 Å². The summed E-state index contributed by atoms with van der Waals surface area (Å²) in [6, 6.07) is 4.93. The molecule has 1 atom stereocenters. The average molecular weight is 434 g/mol. The molecular formula is C20H27ClF3N3O2. The van der Waals surface area contributed by atoms with Gasteiger partial charge in [0.05, 0.1) is 17.5 Å². The van der Waals surface area contributed by atoms with Crippen molar-refractivity contribution in [1.82, 2.24) is 15.1 Å². The number of hydrogen-bond acceptors (Lipinski definition) is 3. The Balaban J connectivity index is 0.00000300. The van der Waals surface area contributed by atoms with E-state index in [0.29, 0.717) is 31.7 Å². The Hall–Kier alpha value is -1.80. The quantitative estimate of drug-likeness (QED) is 0.797. The zero-order valence-corrected chi connectivity index (χ0v) is 17.4. The van der Waals surface area contributed by atoms with Gasteiger partial charge in [0.25, 0.3) is 0 Å². The second kappa shape index (κ2) is 8.92. The Morgan fingerprint density at radius 1 is 1.17 bits per heavy atom. The number of rotatable bonds is 3. The molecule has 3 rings (SSSR count). The van der Waals surface area contributed by atoms with Crippen molar-refractivity contribution in [3.05, 3.63) is 35.4 Å². The first-order valence-corrected chi connectivity index (χ1v) is 9.58. The molecule has 2 fully saturated rings. The molecule has 1 N–H and O–H groups in total. The molecule has 0 aliphatic carbocycles. The molecule has 2 amide bonds. The molecule has 1 aromatic carbocycles. The summed E-state index contributed by atoms with van der Waals surface area (Å²) in [7, 11) is 0. The van der Waals surface area contributed by atoms with Crippen LogP contribution in [0.1, 0.15) is 37.8 Å². The molecule has 2 aliphatic heterocycles. The predicted octanol–water partition coefficient (Wildman–Crippen LogP) is 2.83. The summed E-state index contributed by atoms with van der Waals surface area (Å²) in [6.07, 6.45) is -2.85. The molecule has 1 aromatic rings. The molecule has 29 heavy (non-hydrogen) atoms. The van der Waals surface area contributed by atoms with E-state index in [9.17, 15) is 22.8 Å². The SMILES string of the molecule is CC(C)(C(=O)N1CCCC(N2CCNCC2=O)C1)c1cccc(C(F)(F)F)c1.Cl. The Kier molecular flexibility index (Phi) is 7.22. The molecule has 0 saturated carbocycles. The van der Waals surface area contributed by atoms with Crippen molar-refractivity contribution in [2.24, 2.45) is 0 Å². The van der Waals surface area contributed by atoms with Crippen molar-refractivity contribution in [1.29, 1.82) is 0 Å². The summed E-state index contributed by atoms with van der Waals surface area (Å²) in [5, 5.41) is 3.04. The lowest BCUT2D eigenvalue weighted by Gasteiger charge is -2.43. The molecule has 0 aromatic heterocycles. The van der Waals surface area contributed by atoms with Crippen LogP contribution in [0.2, 0.25) is 0 Å². The van der Waals surface area contributed by atoms with Crippen LogP contribution in [0, 0.1) is 0 Å². The highest BCUT2D eigenvalue weighted by Gasteiger charge is 2.39. The Morgan fingerprint density at radius 2 is 1.86 bits per heavy atom. The first-order valence-electron chi connectivity index (χ1n) is 9.58. The molecule has 5 nitrogen and oxygen atoms in total. The zero-order chi connectivity index (χ0) is 20.5. The van der Waals surface area contributed by atoms with E-state index in [0.717, 1.165) is 31.5 Å². The minimum absolute atomic E-state index is 0. The fraction of sp³-hybridized carbons (Fsp3) is 0.600. The number of amides is 2. The molecule has 2 saturated heterocycles. The summed E-state index contributed by atoms with van der Waals surface area (Å²) < 4.78 is 39.2. The fourth-order valence-corrected chi connectivity index (χ4v) is 4.00. The third-order valence-electron chi connectivity index (χ3n) is 5.70. The Morgan fingerprint density at radius 3 is 2.52 bits per heavy atom. The van der Waals surface area contributed by atoms with Gasteiger partial charge in [0.2, 0.25) is 11.8 Å². The molecule has 9 heteroatoms. The van der Waals surface area contributed by atoms with Gasteiger partial charge in [0, 0.05) is 32.2 Å². The minimum atomic E-state index is -4.45. The Bertz CT molecular complexity index is 755. The zero-order valence-electron chi connectivity index (χ0n) is 16.6. The number of piperidine rings is 1. The smallest absolute Gasteiger partial charge is 0.340 e. The third kappa shape index (κ3) is 5.04. The van der Waals surface area contributed by atoms with Crippen LogP contribution >= 0.6 is 12.4 Å². The molecule has 0 radical (unpaired) electrons. The van der Waals surface area contributed by atoms with E-state index in [1.54, 1.807) is 24.8 Å². The van der Waals surface area contributed by atoms with Gasteiger partial charge in [-0.05, 0) is 38.3 Å². The van der Waals surface area contributed by atoms with E-state index >= 15 is 0 Å². The minimum Gasteiger partial charge on any atom is -0.340 e. The molecule has 2 aliphatic rings. The summed E-state index contributed by atoms with van der Waals surface area (Å²) >= 11 is 0. The number of nitrogens with zero attached hydrogens (tertiary/aromatic N) is 2. The summed E-state index contributed by atoms with van der Waals surface area (Å²) in [5.41, 5.74) is -1.50. The van der Waals surface area contributed by atoms with Gasteiger partial charge in [-0.2, -0.15) is 13.2 Å². The molecule has 162 valence electrons. The van der Waals surface area contributed by atoms with Crippen molar-refractivity contribution in [2.75, 3.05) is 32.7 Å².